The van der Waals surface area contributed by atoms with E-state index in [4.69, 9.17) is 4.74 Å². The summed E-state index contributed by atoms with van der Waals surface area (Å²) in [5, 5.41) is 14.4. The number of halogens is 1. The molecule has 6 nitrogen and oxygen atoms in total. The fourth-order valence-electron chi connectivity index (χ4n) is 5.88. The molecule has 1 aliphatic rings. The van der Waals surface area contributed by atoms with Gasteiger partial charge in [-0.1, -0.05) is 67.1 Å². The first-order chi connectivity index (χ1) is 19.9. The minimum atomic E-state index is -1.24. The minimum Gasteiger partial charge on any atom is -0.496 e. The van der Waals surface area contributed by atoms with E-state index in [9.17, 15) is 19.1 Å². The van der Waals surface area contributed by atoms with Gasteiger partial charge in [-0.3, -0.25) is 9.69 Å². The van der Waals surface area contributed by atoms with E-state index >= 15 is 0 Å². The number of methoxy groups -OCH3 is 1. The fourth-order valence-corrected chi connectivity index (χ4v) is 5.88. The summed E-state index contributed by atoms with van der Waals surface area (Å²) in [5.74, 6) is -1.83. The van der Waals surface area contributed by atoms with Gasteiger partial charge >= 0.3 is 5.97 Å². The van der Waals surface area contributed by atoms with Gasteiger partial charge in [0.2, 0.25) is 0 Å². The number of aliphatic carboxylic acids is 1. The van der Waals surface area contributed by atoms with Crippen LogP contribution in [0, 0.1) is 12.7 Å². The molecular weight excluding hydrogens is 519 g/mol. The number of carbonyl (C=O) groups is 2. The van der Waals surface area contributed by atoms with Crippen LogP contribution in [0.3, 0.4) is 0 Å². The van der Waals surface area contributed by atoms with Gasteiger partial charge in [0, 0.05) is 18.5 Å². The first-order valence-electron chi connectivity index (χ1n) is 14.1. The highest BCUT2D eigenvalue weighted by atomic mass is 19.1. The Morgan fingerprint density at radius 3 is 2.34 bits per heavy atom. The Morgan fingerprint density at radius 1 is 0.927 bits per heavy atom. The molecule has 1 fully saturated rings. The Kier molecular flexibility index (Phi) is 8.64. The highest BCUT2D eigenvalue weighted by Crippen LogP contribution is 2.39. The maximum absolute atomic E-state index is 14.4. The summed E-state index contributed by atoms with van der Waals surface area (Å²) >= 11 is 0. The third-order valence-corrected chi connectivity index (χ3v) is 7.93. The third-order valence-electron chi connectivity index (χ3n) is 7.93. The fraction of sp³-hybridized carbons (Fsp3) is 0.294. The van der Waals surface area contributed by atoms with Gasteiger partial charge in [0.25, 0.3) is 5.91 Å². The maximum Gasteiger partial charge on any atom is 0.326 e. The van der Waals surface area contributed by atoms with Gasteiger partial charge in [0.05, 0.1) is 12.7 Å². The molecule has 0 unspecified atom stereocenters. The van der Waals surface area contributed by atoms with Crippen LogP contribution in [0.25, 0.3) is 21.9 Å². The van der Waals surface area contributed by atoms with Crippen molar-refractivity contribution in [2.24, 2.45) is 0 Å². The highest BCUT2D eigenvalue weighted by molar-refractivity contribution is 6.01. The molecule has 0 spiro atoms. The molecule has 5 rings (SSSR count). The van der Waals surface area contributed by atoms with E-state index < -0.39 is 23.7 Å². The molecule has 0 aromatic heterocycles. The van der Waals surface area contributed by atoms with E-state index in [1.165, 1.54) is 37.0 Å². The molecule has 1 amide bonds. The van der Waals surface area contributed by atoms with E-state index in [2.05, 4.69) is 22.3 Å². The molecule has 212 valence electrons. The van der Waals surface area contributed by atoms with Crippen molar-refractivity contribution in [1.82, 2.24) is 10.2 Å². The molecule has 4 aromatic rings. The molecule has 1 atom stereocenters. The summed E-state index contributed by atoms with van der Waals surface area (Å²) in [6, 6.07) is 21.1. The molecule has 0 saturated carbocycles. The zero-order valence-corrected chi connectivity index (χ0v) is 23.5. The summed E-state index contributed by atoms with van der Waals surface area (Å²) in [5.41, 5.74) is 4.29. The second-order valence-corrected chi connectivity index (χ2v) is 10.6. The Hall–Kier alpha value is -4.23. The molecule has 0 radical (unpaired) electrons. The summed E-state index contributed by atoms with van der Waals surface area (Å²) in [4.78, 5) is 27.7. The number of likely N-dealkylation sites (tertiary alicyclic amines) is 1. The van der Waals surface area contributed by atoms with Gasteiger partial charge in [0.1, 0.15) is 17.6 Å². The second-order valence-electron chi connectivity index (χ2n) is 10.6. The number of ether oxygens (including phenoxy) is 1. The topological polar surface area (TPSA) is 78.9 Å². The Morgan fingerprint density at radius 2 is 1.61 bits per heavy atom. The van der Waals surface area contributed by atoms with Gasteiger partial charge in [0.15, 0.2) is 0 Å². The van der Waals surface area contributed by atoms with Crippen molar-refractivity contribution >= 4 is 22.6 Å². The number of piperidine rings is 1. The number of rotatable bonds is 9. The van der Waals surface area contributed by atoms with Gasteiger partial charge < -0.3 is 15.2 Å². The van der Waals surface area contributed by atoms with Gasteiger partial charge in [-0.15, -0.1) is 0 Å². The zero-order chi connectivity index (χ0) is 28.9. The van der Waals surface area contributed by atoms with Crippen LogP contribution in [0.4, 0.5) is 4.39 Å². The zero-order valence-electron chi connectivity index (χ0n) is 23.5. The van der Waals surface area contributed by atoms with E-state index in [-0.39, 0.29) is 12.0 Å². The number of hydrogen-bond donors (Lipinski definition) is 2. The number of nitrogens with one attached hydrogen (secondary N) is 1. The van der Waals surface area contributed by atoms with Crippen molar-refractivity contribution in [2.75, 3.05) is 20.2 Å². The number of amides is 1. The van der Waals surface area contributed by atoms with Crippen LogP contribution in [0.5, 0.6) is 5.75 Å². The van der Waals surface area contributed by atoms with E-state index in [1.54, 1.807) is 20.1 Å². The Balaban J connectivity index is 1.51. The first kappa shape index (κ1) is 28.3. The molecule has 0 aliphatic carbocycles. The Bertz CT molecular complexity index is 1560. The number of carbonyl (C=O) groups excluding carboxylic acids is 1. The van der Waals surface area contributed by atoms with Crippen molar-refractivity contribution in [3.8, 4) is 16.9 Å². The lowest BCUT2D eigenvalue weighted by atomic mass is 9.90. The summed E-state index contributed by atoms with van der Waals surface area (Å²) in [7, 11) is 1.68. The van der Waals surface area contributed by atoms with E-state index in [1.807, 2.05) is 42.5 Å². The largest absolute Gasteiger partial charge is 0.496 e. The molecule has 1 saturated heterocycles. The summed E-state index contributed by atoms with van der Waals surface area (Å²) in [6.45, 7) is 4.60. The number of carboxylic acids is 1. The third kappa shape index (κ3) is 6.10. The number of hydrogen-bond acceptors (Lipinski definition) is 4. The molecule has 2 N–H and O–H groups in total. The van der Waals surface area contributed by atoms with Crippen molar-refractivity contribution < 1.29 is 23.8 Å². The lowest BCUT2D eigenvalue weighted by Gasteiger charge is -2.28. The smallest absolute Gasteiger partial charge is 0.326 e. The van der Waals surface area contributed by atoms with E-state index in [0.29, 0.717) is 5.56 Å². The van der Waals surface area contributed by atoms with E-state index in [0.717, 1.165) is 52.8 Å². The Labute approximate surface area is 239 Å². The molecule has 1 heterocycles. The molecule has 4 aromatic carbocycles. The lowest BCUT2D eigenvalue weighted by molar-refractivity contribution is -0.139. The summed E-state index contributed by atoms with van der Waals surface area (Å²) in [6.07, 6.45) is 3.72. The van der Waals surface area contributed by atoms with Crippen molar-refractivity contribution in [1.29, 1.82) is 0 Å². The van der Waals surface area contributed by atoms with Crippen LogP contribution in [0.1, 0.15) is 46.3 Å². The minimum absolute atomic E-state index is 0.0436. The predicted octanol–water partition coefficient (Wildman–Crippen LogP) is 6.37. The SMILES string of the molecule is COc1cccc(CN2CCCCC2)c1-c1cccc2c(C[C@H](NC(=O)c3c(C)cccc3F)C(=O)O)cccc12. The number of benzene rings is 4. The van der Waals surface area contributed by atoms with Crippen molar-refractivity contribution in [3.05, 3.63) is 101 Å². The predicted molar refractivity (Wildman–Crippen MR) is 159 cm³/mol. The van der Waals surface area contributed by atoms with Gasteiger partial charge in [-0.2, -0.15) is 0 Å². The summed E-state index contributed by atoms with van der Waals surface area (Å²) < 4.78 is 20.2. The van der Waals surface area contributed by atoms with Gasteiger partial charge in [-0.05, 0) is 78.0 Å². The average Bonchev–Trinajstić information content (AvgIpc) is 2.97. The van der Waals surface area contributed by atoms with Crippen LogP contribution in [0.15, 0.2) is 72.8 Å². The quantitative estimate of drug-likeness (QED) is 0.251. The highest BCUT2D eigenvalue weighted by Gasteiger charge is 2.25. The van der Waals surface area contributed by atoms with Crippen LogP contribution < -0.4 is 10.1 Å². The number of fused-ring (bicyclic) bond motifs is 1. The van der Waals surface area contributed by atoms with Crippen molar-refractivity contribution in [2.45, 2.75) is 45.2 Å². The normalized spacial score (nSPS) is 14.5. The van der Waals surface area contributed by atoms with Crippen LogP contribution in [0.2, 0.25) is 0 Å². The number of nitrogens with zero attached hydrogens (tertiary/aromatic N) is 1. The lowest BCUT2D eigenvalue weighted by Crippen LogP contribution is -2.42. The number of aryl methyl sites for hydroxylation is 1. The van der Waals surface area contributed by atoms with Gasteiger partial charge in [-0.25, -0.2) is 9.18 Å². The number of carboxylic acid groups (broad SMARTS) is 1. The maximum atomic E-state index is 14.4. The first-order valence-corrected chi connectivity index (χ1v) is 14.1. The average molecular weight is 555 g/mol. The van der Waals surface area contributed by atoms with Crippen LogP contribution >= 0.6 is 0 Å². The van der Waals surface area contributed by atoms with Crippen molar-refractivity contribution in [3.63, 3.8) is 0 Å². The monoisotopic (exact) mass is 554 g/mol. The standard InChI is InChI=1S/C34H35FN2O4/c1-22-10-6-16-28(35)31(22)33(38)36-29(34(39)40)20-23-11-7-14-26-25(23)13-9-15-27(26)32-24(12-8-17-30(32)41-2)21-37-18-4-3-5-19-37/h6-17,29H,3-5,18-21H2,1-2H3,(H,36,38)(H,39,40)/t29-/m0/s1. The van der Waals surface area contributed by atoms with Crippen LogP contribution in [-0.2, 0) is 17.8 Å². The molecule has 7 heteroatoms. The molecule has 41 heavy (non-hydrogen) atoms. The van der Waals surface area contributed by atoms with Crippen LogP contribution in [-0.4, -0.2) is 48.1 Å². The second kappa shape index (κ2) is 12.5. The molecule has 0 bridgehead atoms. The molecule has 1 aliphatic heterocycles. The molecular formula is C34H35FN2O4.